The summed E-state index contributed by atoms with van der Waals surface area (Å²) in [6.45, 7) is 5.97. The lowest BCUT2D eigenvalue weighted by Crippen LogP contribution is -2.17. The summed E-state index contributed by atoms with van der Waals surface area (Å²) in [5.41, 5.74) is 2.29. The van der Waals surface area contributed by atoms with Crippen LogP contribution < -0.4 is 0 Å². The van der Waals surface area contributed by atoms with Gasteiger partial charge in [-0.15, -0.1) is 5.54 Å². The lowest BCUT2D eigenvalue weighted by Gasteiger charge is -2.11. The van der Waals surface area contributed by atoms with Crippen LogP contribution in [0.1, 0.15) is 11.1 Å². The van der Waals surface area contributed by atoms with Gasteiger partial charge in [0.05, 0.1) is 5.56 Å². The van der Waals surface area contributed by atoms with Crippen molar-refractivity contribution in [2.45, 2.75) is 25.8 Å². The average molecular weight is 321 g/mol. The minimum atomic E-state index is -4.39. The molecular formula is C12H12BrF3Si. The molecule has 92 valence electrons. The van der Waals surface area contributed by atoms with E-state index in [4.69, 9.17) is 0 Å². The Bertz CT molecular complexity index is 475. The Morgan fingerprint density at radius 2 is 1.76 bits per heavy atom. The Morgan fingerprint density at radius 1 is 1.18 bits per heavy atom. The van der Waals surface area contributed by atoms with Crippen molar-refractivity contribution >= 4 is 24.0 Å². The SMILES string of the molecule is C[Si](C)(C)C#Cc1cccc(Br)c1C(F)(F)F. The predicted octanol–water partition coefficient (Wildman–Crippen LogP) is 4.70. The monoisotopic (exact) mass is 320 g/mol. The van der Waals surface area contributed by atoms with E-state index in [0.717, 1.165) is 0 Å². The Balaban J connectivity index is 3.34. The van der Waals surface area contributed by atoms with Crippen LogP contribution in [0.25, 0.3) is 0 Å². The molecule has 0 N–H and O–H groups in total. The first-order chi connectivity index (χ1) is 7.61. The molecule has 1 aromatic rings. The van der Waals surface area contributed by atoms with Gasteiger partial charge in [-0.1, -0.05) is 47.6 Å². The van der Waals surface area contributed by atoms with Gasteiger partial charge in [0.15, 0.2) is 0 Å². The predicted molar refractivity (Wildman–Crippen MR) is 69.4 cm³/mol. The van der Waals surface area contributed by atoms with E-state index in [9.17, 15) is 13.2 Å². The normalized spacial score (nSPS) is 11.9. The summed E-state index contributed by atoms with van der Waals surface area (Å²) in [4.78, 5) is 0. The van der Waals surface area contributed by atoms with Gasteiger partial charge < -0.3 is 0 Å². The molecule has 0 saturated carbocycles. The molecule has 0 spiro atoms. The van der Waals surface area contributed by atoms with Gasteiger partial charge in [0, 0.05) is 10.0 Å². The van der Waals surface area contributed by atoms with Crippen molar-refractivity contribution in [2.24, 2.45) is 0 Å². The number of benzene rings is 1. The summed E-state index contributed by atoms with van der Waals surface area (Å²) >= 11 is 2.93. The summed E-state index contributed by atoms with van der Waals surface area (Å²) in [5.74, 6) is 2.66. The van der Waals surface area contributed by atoms with E-state index in [1.807, 2.05) is 19.6 Å². The van der Waals surface area contributed by atoms with Gasteiger partial charge in [-0.05, 0) is 12.1 Å². The summed E-state index contributed by atoms with van der Waals surface area (Å²) < 4.78 is 38.6. The molecule has 0 nitrogen and oxygen atoms in total. The fourth-order valence-electron chi connectivity index (χ4n) is 1.17. The maximum Gasteiger partial charge on any atom is 0.418 e. The zero-order chi connectivity index (χ0) is 13.3. The van der Waals surface area contributed by atoms with Crippen LogP contribution in [0.5, 0.6) is 0 Å². The quantitative estimate of drug-likeness (QED) is 0.480. The van der Waals surface area contributed by atoms with Gasteiger partial charge >= 0.3 is 6.18 Å². The molecule has 0 amide bonds. The van der Waals surface area contributed by atoms with Gasteiger partial charge in [-0.25, -0.2) is 0 Å². The summed E-state index contributed by atoms with van der Waals surface area (Å²) in [6, 6.07) is 4.34. The molecule has 0 fully saturated rings. The molecule has 0 atom stereocenters. The Labute approximate surface area is 108 Å². The Kier molecular flexibility index (Phi) is 4.10. The first-order valence-corrected chi connectivity index (χ1v) is 9.29. The first kappa shape index (κ1) is 14.3. The van der Waals surface area contributed by atoms with Crippen molar-refractivity contribution in [1.82, 2.24) is 0 Å². The van der Waals surface area contributed by atoms with Crippen LogP contribution in [-0.4, -0.2) is 8.07 Å². The molecule has 0 aliphatic carbocycles. The van der Waals surface area contributed by atoms with Gasteiger partial charge in [0.25, 0.3) is 0 Å². The van der Waals surface area contributed by atoms with Crippen molar-refractivity contribution in [3.8, 4) is 11.5 Å². The molecule has 0 unspecified atom stereocenters. The highest BCUT2D eigenvalue weighted by molar-refractivity contribution is 9.10. The van der Waals surface area contributed by atoms with Crippen LogP contribution in [0.2, 0.25) is 19.6 Å². The maximum absolute atomic E-state index is 12.8. The molecule has 17 heavy (non-hydrogen) atoms. The smallest absolute Gasteiger partial charge is 0.166 e. The van der Waals surface area contributed by atoms with Gasteiger partial charge in [0.2, 0.25) is 0 Å². The van der Waals surface area contributed by atoms with E-state index < -0.39 is 19.8 Å². The minimum absolute atomic E-state index is 0.0346. The zero-order valence-electron chi connectivity index (χ0n) is 9.74. The van der Waals surface area contributed by atoms with Crippen molar-refractivity contribution in [3.63, 3.8) is 0 Å². The third-order valence-corrected chi connectivity index (χ3v) is 3.41. The highest BCUT2D eigenvalue weighted by Crippen LogP contribution is 2.36. The fourth-order valence-corrected chi connectivity index (χ4v) is 2.27. The van der Waals surface area contributed by atoms with Crippen LogP contribution in [0.4, 0.5) is 13.2 Å². The average Bonchev–Trinajstić information content (AvgIpc) is 2.11. The summed E-state index contributed by atoms with van der Waals surface area (Å²) in [5, 5.41) is 0. The lowest BCUT2D eigenvalue weighted by atomic mass is 10.1. The molecule has 0 aliphatic rings. The fraction of sp³-hybridized carbons (Fsp3) is 0.333. The van der Waals surface area contributed by atoms with E-state index in [1.165, 1.54) is 12.1 Å². The zero-order valence-corrected chi connectivity index (χ0v) is 12.3. The highest BCUT2D eigenvalue weighted by Gasteiger charge is 2.35. The number of rotatable bonds is 0. The minimum Gasteiger partial charge on any atom is -0.166 e. The number of halogens is 4. The lowest BCUT2D eigenvalue weighted by molar-refractivity contribution is -0.138. The van der Waals surface area contributed by atoms with E-state index in [-0.39, 0.29) is 10.0 Å². The second-order valence-corrected chi connectivity index (χ2v) is 10.3. The standard InChI is InChI=1S/C12H12BrF3Si/c1-17(2,3)8-7-9-5-4-6-10(13)11(9)12(14,15)16/h4-6H,1-3H3. The third-order valence-electron chi connectivity index (χ3n) is 1.87. The van der Waals surface area contributed by atoms with Crippen LogP contribution >= 0.6 is 15.9 Å². The van der Waals surface area contributed by atoms with Crippen LogP contribution in [0.3, 0.4) is 0 Å². The van der Waals surface area contributed by atoms with E-state index in [2.05, 4.69) is 27.4 Å². The Morgan fingerprint density at radius 3 is 2.24 bits per heavy atom. The molecule has 0 aromatic heterocycles. The highest BCUT2D eigenvalue weighted by atomic mass is 79.9. The van der Waals surface area contributed by atoms with E-state index in [0.29, 0.717) is 0 Å². The summed E-state index contributed by atoms with van der Waals surface area (Å²) in [7, 11) is -1.68. The Hall–Kier alpha value is -0.733. The number of alkyl halides is 3. The molecule has 0 heterocycles. The molecule has 1 rings (SSSR count). The third kappa shape index (κ3) is 4.21. The number of hydrogen-bond donors (Lipinski definition) is 0. The maximum atomic E-state index is 12.8. The molecule has 1 aromatic carbocycles. The molecule has 0 saturated heterocycles. The van der Waals surface area contributed by atoms with Crippen LogP contribution in [0.15, 0.2) is 22.7 Å². The van der Waals surface area contributed by atoms with E-state index in [1.54, 1.807) is 6.07 Å². The largest absolute Gasteiger partial charge is 0.418 e. The summed E-state index contributed by atoms with van der Waals surface area (Å²) in [6.07, 6.45) is -4.39. The van der Waals surface area contributed by atoms with Crippen molar-refractivity contribution < 1.29 is 13.2 Å². The van der Waals surface area contributed by atoms with Gasteiger partial charge in [0.1, 0.15) is 8.07 Å². The van der Waals surface area contributed by atoms with Crippen LogP contribution in [-0.2, 0) is 6.18 Å². The first-order valence-electron chi connectivity index (χ1n) is 5.00. The topological polar surface area (TPSA) is 0 Å². The number of hydrogen-bond acceptors (Lipinski definition) is 0. The molecule has 0 radical (unpaired) electrons. The van der Waals surface area contributed by atoms with Crippen molar-refractivity contribution in [1.29, 1.82) is 0 Å². The second kappa shape index (κ2) is 4.87. The van der Waals surface area contributed by atoms with Crippen molar-refractivity contribution in [2.75, 3.05) is 0 Å². The van der Waals surface area contributed by atoms with Gasteiger partial charge in [-0.2, -0.15) is 13.2 Å². The molecule has 5 heteroatoms. The van der Waals surface area contributed by atoms with Crippen LogP contribution in [0, 0.1) is 11.5 Å². The molecule has 0 bridgehead atoms. The van der Waals surface area contributed by atoms with Crippen molar-refractivity contribution in [3.05, 3.63) is 33.8 Å². The van der Waals surface area contributed by atoms with Gasteiger partial charge in [-0.3, -0.25) is 0 Å². The second-order valence-electron chi connectivity index (χ2n) is 4.66. The molecule has 0 aliphatic heterocycles. The van der Waals surface area contributed by atoms with E-state index >= 15 is 0 Å². The molecular weight excluding hydrogens is 309 g/mol.